The summed E-state index contributed by atoms with van der Waals surface area (Å²) in [4.78, 5) is 0.0338. The van der Waals surface area contributed by atoms with Crippen molar-refractivity contribution in [1.82, 2.24) is 4.31 Å². The first-order valence-corrected chi connectivity index (χ1v) is 7.63. The molecule has 1 aliphatic heterocycles. The average molecular weight is 295 g/mol. The molecule has 1 aromatic carbocycles. The van der Waals surface area contributed by atoms with E-state index in [9.17, 15) is 8.42 Å². The monoisotopic (exact) mass is 295 g/mol. The third-order valence-electron chi connectivity index (χ3n) is 3.28. The molecule has 2 rings (SSSR count). The minimum atomic E-state index is -3.71. The lowest BCUT2D eigenvalue weighted by molar-refractivity contribution is -0.00768. The second-order valence-corrected chi connectivity index (χ2v) is 7.14. The van der Waals surface area contributed by atoms with E-state index >= 15 is 0 Å². The molecule has 0 aromatic heterocycles. The van der Waals surface area contributed by atoms with Crippen molar-refractivity contribution < 1.29 is 13.2 Å². The van der Waals surface area contributed by atoms with Crippen molar-refractivity contribution in [3.05, 3.63) is 23.8 Å². The summed E-state index contributed by atoms with van der Waals surface area (Å²) in [6, 6.07) is 6.15. The van der Waals surface area contributed by atoms with Gasteiger partial charge in [-0.3, -0.25) is 0 Å². The zero-order chi connectivity index (χ0) is 15.0. The lowest BCUT2D eigenvalue weighted by atomic mass is 10.1. The van der Waals surface area contributed by atoms with Gasteiger partial charge < -0.3 is 10.5 Å². The first-order valence-electron chi connectivity index (χ1n) is 6.19. The largest absolute Gasteiger partial charge is 0.398 e. The van der Waals surface area contributed by atoms with Crippen LogP contribution in [0, 0.1) is 11.3 Å². The lowest BCUT2D eigenvalue weighted by Crippen LogP contribution is -2.55. The Morgan fingerprint density at radius 2 is 2.15 bits per heavy atom. The predicted octanol–water partition coefficient (Wildman–Crippen LogP) is 0.940. The highest BCUT2D eigenvalue weighted by Crippen LogP contribution is 2.30. The van der Waals surface area contributed by atoms with Crippen LogP contribution in [0.4, 0.5) is 5.69 Å². The molecule has 0 amide bonds. The van der Waals surface area contributed by atoms with E-state index in [2.05, 4.69) is 0 Å². The molecule has 7 heteroatoms. The van der Waals surface area contributed by atoms with Crippen LogP contribution in [0.5, 0.6) is 0 Å². The van der Waals surface area contributed by atoms with Gasteiger partial charge in [-0.1, -0.05) is 0 Å². The number of morpholine rings is 1. The van der Waals surface area contributed by atoms with Crippen molar-refractivity contribution in [1.29, 1.82) is 5.26 Å². The number of nitriles is 1. The van der Waals surface area contributed by atoms with Gasteiger partial charge >= 0.3 is 0 Å². The Morgan fingerprint density at radius 3 is 2.70 bits per heavy atom. The number of hydrogen-bond acceptors (Lipinski definition) is 5. The van der Waals surface area contributed by atoms with Gasteiger partial charge in [-0.15, -0.1) is 0 Å². The van der Waals surface area contributed by atoms with Crippen molar-refractivity contribution in [2.75, 3.05) is 25.5 Å². The van der Waals surface area contributed by atoms with E-state index in [1.165, 1.54) is 22.5 Å². The molecule has 0 spiro atoms. The molecule has 0 bridgehead atoms. The summed E-state index contributed by atoms with van der Waals surface area (Å²) in [5, 5.41) is 8.81. The molecule has 0 radical (unpaired) electrons. The molecule has 1 aliphatic rings. The Hall–Kier alpha value is -1.62. The highest BCUT2D eigenvalue weighted by atomic mass is 32.2. The molecule has 0 atom stereocenters. The first-order chi connectivity index (χ1) is 9.29. The number of nitrogens with two attached hydrogens (primary N) is 1. The van der Waals surface area contributed by atoms with Crippen LogP contribution < -0.4 is 5.73 Å². The van der Waals surface area contributed by atoms with Crippen LogP contribution in [0.2, 0.25) is 0 Å². The normalized spacial score (nSPS) is 19.4. The average Bonchev–Trinajstić information content (AvgIpc) is 2.37. The minimum absolute atomic E-state index is 0.0338. The van der Waals surface area contributed by atoms with E-state index in [4.69, 9.17) is 15.7 Å². The molecule has 2 N–H and O–H groups in total. The van der Waals surface area contributed by atoms with Crippen LogP contribution in [0.1, 0.15) is 19.4 Å². The Bertz CT molecular complexity index is 662. The molecular weight excluding hydrogens is 278 g/mol. The van der Waals surface area contributed by atoms with Crippen LogP contribution in [0.15, 0.2) is 23.1 Å². The SMILES string of the molecule is CC1(C)COCCN1S(=O)(=O)c1ccc(C#N)cc1N. The summed E-state index contributed by atoms with van der Waals surface area (Å²) in [5.41, 5.74) is 5.59. The van der Waals surface area contributed by atoms with Gasteiger partial charge in [0.25, 0.3) is 0 Å². The van der Waals surface area contributed by atoms with Crippen molar-refractivity contribution in [3.8, 4) is 6.07 Å². The van der Waals surface area contributed by atoms with Gasteiger partial charge in [-0.2, -0.15) is 9.57 Å². The highest BCUT2D eigenvalue weighted by Gasteiger charge is 2.40. The van der Waals surface area contributed by atoms with E-state index in [0.29, 0.717) is 18.8 Å². The molecule has 108 valence electrons. The van der Waals surface area contributed by atoms with Gasteiger partial charge in [0, 0.05) is 6.54 Å². The predicted molar refractivity (Wildman–Crippen MR) is 74.4 cm³/mol. The fourth-order valence-electron chi connectivity index (χ4n) is 2.26. The topological polar surface area (TPSA) is 96.4 Å². The van der Waals surface area contributed by atoms with Gasteiger partial charge in [-0.05, 0) is 32.0 Å². The zero-order valence-electron chi connectivity index (χ0n) is 11.5. The van der Waals surface area contributed by atoms with E-state index in [1.54, 1.807) is 0 Å². The minimum Gasteiger partial charge on any atom is -0.398 e. The molecule has 0 unspecified atom stereocenters. The highest BCUT2D eigenvalue weighted by molar-refractivity contribution is 7.89. The van der Waals surface area contributed by atoms with Crippen molar-refractivity contribution in [2.45, 2.75) is 24.3 Å². The molecule has 20 heavy (non-hydrogen) atoms. The van der Waals surface area contributed by atoms with Crippen molar-refractivity contribution in [2.24, 2.45) is 0 Å². The number of rotatable bonds is 2. The maximum Gasteiger partial charge on any atom is 0.245 e. The second kappa shape index (κ2) is 5.05. The molecule has 1 aromatic rings. The van der Waals surface area contributed by atoms with E-state index in [1.807, 2.05) is 19.9 Å². The van der Waals surface area contributed by atoms with Gasteiger partial charge in [0.15, 0.2) is 0 Å². The van der Waals surface area contributed by atoms with Crippen molar-refractivity contribution in [3.63, 3.8) is 0 Å². The van der Waals surface area contributed by atoms with Gasteiger partial charge in [0.1, 0.15) is 4.90 Å². The number of nitrogen functional groups attached to an aromatic ring is 1. The molecule has 0 saturated carbocycles. The molecular formula is C13H17N3O3S. The number of hydrogen-bond donors (Lipinski definition) is 1. The Kier molecular flexibility index (Phi) is 3.73. The lowest BCUT2D eigenvalue weighted by Gasteiger charge is -2.40. The maximum atomic E-state index is 12.7. The molecule has 1 heterocycles. The summed E-state index contributed by atoms with van der Waals surface area (Å²) < 4.78 is 32.2. The Morgan fingerprint density at radius 1 is 1.45 bits per heavy atom. The maximum absolute atomic E-state index is 12.7. The third kappa shape index (κ3) is 2.50. The van der Waals surface area contributed by atoms with Crippen LogP contribution in [0.25, 0.3) is 0 Å². The standard InChI is InChI=1S/C13H17N3O3S/c1-13(2)9-19-6-5-16(13)20(17,18)12-4-3-10(8-14)7-11(12)15/h3-4,7H,5-6,9,15H2,1-2H3. The quantitative estimate of drug-likeness (QED) is 0.819. The summed E-state index contributed by atoms with van der Waals surface area (Å²) in [6.07, 6.45) is 0. The Balaban J connectivity index is 2.48. The smallest absolute Gasteiger partial charge is 0.245 e. The van der Waals surface area contributed by atoms with E-state index in [-0.39, 0.29) is 17.1 Å². The number of ether oxygens (including phenoxy) is 1. The van der Waals surface area contributed by atoms with Gasteiger partial charge in [0.2, 0.25) is 10.0 Å². The number of benzene rings is 1. The van der Waals surface area contributed by atoms with Crippen molar-refractivity contribution >= 4 is 15.7 Å². The van der Waals surface area contributed by atoms with Crippen LogP contribution in [0.3, 0.4) is 0 Å². The van der Waals surface area contributed by atoms with Crippen LogP contribution >= 0.6 is 0 Å². The van der Waals surface area contributed by atoms with E-state index in [0.717, 1.165) is 0 Å². The summed E-state index contributed by atoms with van der Waals surface area (Å²) >= 11 is 0. The summed E-state index contributed by atoms with van der Waals surface area (Å²) in [7, 11) is -3.71. The Labute approximate surface area is 118 Å². The van der Waals surface area contributed by atoms with Gasteiger partial charge in [-0.25, -0.2) is 8.42 Å². The summed E-state index contributed by atoms with van der Waals surface area (Å²) in [6.45, 7) is 4.60. The zero-order valence-corrected chi connectivity index (χ0v) is 12.3. The fraction of sp³-hybridized carbons (Fsp3) is 0.462. The van der Waals surface area contributed by atoms with E-state index < -0.39 is 15.6 Å². The summed E-state index contributed by atoms with van der Waals surface area (Å²) in [5.74, 6) is 0. The first kappa shape index (κ1) is 14.8. The third-order valence-corrected chi connectivity index (χ3v) is 5.46. The molecule has 6 nitrogen and oxygen atoms in total. The number of nitrogens with zero attached hydrogens (tertiary/aromatic N) is 2. The molecule has 0 aliphatic carbocycles. The number of sulfonamides is 1. The molecule has 1 fully saturated rings. The molecule has 1 saturated heterocycles. The van der Waals surface area contributed by atoms with Gasteiger partial charge in [0.05, 0.1) is 36.1 Å². The van der Waals surface area contributed by atoms with Crippen LogP contribution in [-0.2, 0) is 14.8 Å². The van der Waals surface area contributed by atoms with Crippen LogP contribution in [-0.4, -0.2) is 38.0 Å². The fourth-order valence-corrected chi connectivity index (χ4v) is 4.11. The number of anilines is 1. The second-order valence-electron chi connectivity index (χ2n) is 5.31.